The lowest BCUT2D eigenvalue weighted by molar-refractivity contribution is -0.117. The van der Waals surface area contributed by atoms with Crippen molar-refractivity contribution in [3.63, 3.8) is 0 Å². The van der Waals surface area contributed by atoms with Crippen molar-refractivity contribution in [2.75, 3.05) is 0 Å². The number of carbonyl (C=O) groups excluding carboxylic acids is 2. The highest BCUT2D eigenvalue weighted by Gasteiger charge is 2.19. The predicted octanol–water partition coefficient (Wildman–Crippen LogP) is 3.90. The number of rotatable bonds is 4. The minimum Gasteiger partial charge on any atom is -0.300 e. The van der Waals surface area contributed by atoms with Gasteiger partial charge in [0.05, 0.1) is 0 Å². The van der Waals surface area contributed by atoms with Crippen LogP contribution in [0.1, 0.15) is 30.6 Å². The molecule has 0 heterocycles. The second-order valence-electron chi connectivity index (χ2n) is 3.80. The Morgan fingerprint density at radius 2 is 2.06 bits per heavy atom. The van der Waals surface area contributed by atoms with Gasteiger partial charge in [0.1, 0.15) is 5.78 Å². The maximum Gasteiger partial charge on any atom is 0.167 e. The fourth-order valence-electron chi connectivity index (χ4n) is 1.48. The van der Waals surface area contributed by atoms with Gasteiger partial charge in [0.2, 0.25) is 0 Å². The number of hydrogen-bond acceptors (Lipinski definition) is 2. The van der Waals surface area contributed by atoms with E-state index < -0.39 is 0 Å². The number of carbonyl (C=O) groups is 2. The Bertz CT molecular complexity index is 429. The van der Waals surface area contributed by atoms with E-state index in [4.69, 9.17) is 11.6 Å². The lowest BCUT2D eigenvalue weighted by Gasteiger charge is -2.10. The van der Waals surface area contributed by atoms with Crippen molar-refractivity contribution >= 4 is 39.1 Å². The molecule has 0 saturated carbocycles. The van der Waals surface area contributed by atoms with Crippen LogP contribution in [0.2, 0.25) is 5.02 Å². The quantitative estimate of drug-likeness (QED) is 0.791. The Kier molecular flexibility index (Phi) is 4.69. The van der Waals surface area contributed by atoms with Gasteiger partial charge in [-0.2, -0.15) is 0 Å². The molecule has 2 nitrogen and oxygen atoms in total. The number of hydrogen-bond donors (Lipinski definition) is 0. The molecule has 16 heavy (non-hydrogen) atoms. The molecule has 1 atom stereocenters. The summed E-state index contributed by atoms with van der Waals surface area (Å²) in [5.41, 5.74) is 0.568. The number of halogens is 2. The summed E-state index contributed by atoms with van der Waals surface area (Å²) in [6, 6.07) is 5.01. The summed E-state index contributed by atoms with van der Waals surface area (Å²) in [4.78, 5) is 22.9. The van der Waals surface area contributed by atoms with Crippen molar-refractivity contribution in [1.29, 1.82) is 0 Å². The van der Waals surface area contributed by atoms with Crippen molar-refractivity contribution in [3.8, 4) is 0 Å². The van der Waals surface area contributed by atoms with Gasteiger partial charge in [-0.1, -0.05) is 18.5 Å². The van der Waals surface area contributed by atoms with E-state index in [-0.39, 0.29) is 23.9 Å². The van der Waals surface area contributed by atoms with Crippen LogP contribution in [0.4, 0.5) is 0 Å². The van der Waals surface area contributed by atoms with Gasteiger partial charge in [0, 0.05) is 27.4 Å². The molecule has 1 aromatic rings. The van der Waals surface area contributed by atoms with E-state index >= 15 is 0 Å². The average molecular weight is 304 g/mol. The Labute approximate surface area is 108 Å². The molecule has 86 valence electrons. The summed E-state index contributed by atoms with van der Waals surface area (Å²) in [6.45, 7) is 3.24. The first kappa shape index (κ1) is 13.4. The number of ketones is 2. The molecule has 0 aliphatic rings. The van der Waals surface area contributed by atoms with Crippen LogP contribution in [0.3, 0.4) is 0 Å². The molecule has 0 radical (unpaired) electrons. The molecule has 1 unspecified atom stereocenters. The maximum absolute atomic E-state index is 12.0. The third-order valence-corrected chi connectivity index (χ3v) is 3.13. The topological polar surface area (TPSA) is 34.1 Å². The van der Waals surface area contributed by atoms with E-state index in [1.165, 1.54) is 6.92 Å². The molecule has 0 spiro atoms. The first-order chi connectivity index (χ1) is 7.41. The Morgan fingerprint density at radius 3 is 2.56 bits per heavy atom. The third kappa shape index (κ3) is 3.42. The highest BCUT2D eigenvalue weighted by molar-refractivity contribution is 9.10. The van der Waals surface area contributed by atoms with Gasteiger partial charge in [-0.25, -0.2) is 0 Å². The van der Waals surface area contributed by atoms with Crippen molar-refractivity contribution in [1.82, 2.24) is 0 Å². The molecule has 0 aromatic heterocycles. The van der Waals surface area contributed by atoms with E-state index in [2.05, 4.69) is 15.9 Å². The van der Waals surface area contributed by atoms with E-state index in [0.29, 0.717) is 15.1 Å². The van der Waals surface area contributed by atoms with Crippen molar-refractivity contribution in [2.24, 2.45) is 5.92 Å². The van der Waals surface area contributed by atoms with Crippen LogP contribution in [0.5, 0.6) is 0 Å². The second-order valence-corrected chi connectivity index (χ2v) is 5.09. The molecule has 1 aromatic carbocycles. The smallest absolute Gasteiger partial charge is 0.167 e. The van der Waals surface area contributed by atoms with Crippen molar-refractivity contribution in [2.45, 2.75) is 20.3 Å². The lowest BCUT2D eigenvalue weighted by Crippen LogP contribution is -2.14. The molecule has 0 amide bonds. The normalized spacial score (nSPS) is 12.2. The predicted molar refractivity (Wildman–Crippen MR) is 67.9 cm³/mol. The second kappa shape index (κ2) is 5.60. The molecule has 1 rings (SSSR count). The van der Waals surface area contributed by atoms with Crippen LogP contribution in [0.25, 0.3) is 0 Å². The summed E-state index contributed by atoms with van der Waals surface area (Å²) in [5, 5.41) is 0.572. The molecule has 0 aliphatic heterocycles. The van der Waals surface area contributed by atoms with Gasteiger partial charge in [-0.3, -0.25) is 4.79 Å². The summed E-state index contributed by atoms with van der Waals surface area (Å²) < 4.78 is 0.667. The van der Waals surface area contributed by atoms with Gasteiger partial charge in [0.15, 0.2) is 5.78 Å². The summed E-state index contributed by atoms with van der Waals surface area (Å²) in [5.74, 6) is -0.320. The zero-order valence-electron chi connectivity index (χ0n) is 9.09. The van der Waals surface area contributed by atoms with Crippen molar-refractivity contribution < 1.29 is 9.59 Å². The Hall–Kier alpha value is -0.670. The summed E-state index contributed by atoms with van der Waals surface area (Å²) in [7, 11) is 0. The van der Waals surface area contributed by atoms with Crippen LogP contribution in [0.15, 0.2) is 22.7 Å². The monoisotopic (exact) mass is 302 g/mol. The molecule has 4 heteroatoms. The van der Waals surface area contributed by atoms with E-state index in [1.807, 2.05) is 0 Å². The third-order valence-electron chi connectivity index (χ3n) is 2.24. The van der Waals surface area contributed by atoms with Gasteiger partial charge in [-0.05, 0) is 41.1 Å². The molecule has 0 N–H and O–H groups in total. The largest absolute Gasteiger partial charge is 0.300 e. The van der Waals surface area contributed by atoms with Crippen LogP contribution in [-0.2, 0) is 4.79 Å². The van der Waals surface area contributed by atoms with E-state index in [0.717, 1.165) is 0 Å². The number of Topliss-reactive ketones (excluding diaryl/α,β-unsaturated/α-hetero) is 2. The summed E-state index contributed by atoms with van der Waals surface area (Å²) in [6.07, 6.45) is 0.272. The SMILES string of the molecule is CC(=O)CC(C)C(=O)c1ccc(Cl)cc1Br. The molecule has 0 aliphatic carbocycles. The fraction of sp³-hybridized carbons (Fsp3) is 0.333. The molecule has 0 fully saturated rings. The van der Waals surface area contributed by atoms with Gasteiger partial charge >= 0.3 is 0 Å². The lowest BCUT2D eigenvalue weighted by atomic mass is 9.95. The summed E-state index contributed by atoms with van der Waals surface area (Å²) >= 11 is 9.08. The molecule has 0 saturated heterocycles. The van der Waals surface area contributed by atoms with Crippen molar-refractivity contribution in [3.05, 3.63) is 33.3 Å². The first-order valence-corrected chi connectivity index (χ1v) is 6.07. The Morgan fingerprint density at radius 1 is 1.44 bits per heavy atom. The maximum atomic E-state index is 12.0. The van der Waals surface area contributed by atoms with Crippen LogP contribution < -0.4 is 0 Å². The highest BCUT2D eigenvalue weighted by Crippen LogP contribution is 2.24. The van der Waals surface area contributed by atoms with Gasteiger partial charge in [-0.15, -0.1) is 0 Å². The zero-order chi connectivity index (χ0) is 12.3. The minimum atomic E-state index is -0.296. The zero-order valence-corrected chi connectivity index (χ0v) is 11.4. The Balaban J connectivity index is 2.92. The van der Waals surface area contributed by atoms with Gasteiger partial charge < -0.3 is 4.79 Å². The molecular formula is C12H12BrClO2. The molecule has 0 bridgehead atoms. The highest BCUT2D eigenvalue weighted by atomic mass is 79.9. The minimum absolute atomic E-state index is 0.0194. The standard InChI is InChI=1S/C12H12BrClO2/c1-7(5-8(2)15)12(16)10-4-3-9(14)6-11(10)13/h3-4,6-7H,5H2,1-2H3. The van der Waals surface area contributed by atoms with E-state index in [9.17, 15) is 9.59 Å². The first-order valence-electron chi connectivity index (χ1n) is 4.90. The van der Waals surface area contributed by atoms with Crippen LogP contribution in [0, 0.1) is 5.92 Å². The van der Waals surface area contributed by atoms with Crippen LogP contribution >= 0.6 is 27.5 Å². The van der Waals surface area contributed by atoms with E-state index in [1.54, 1.807) is 25.1 Å². The molecular weight excluding hydrogens is 291 g/mol. The average Bonchev–Trinajstić information content (AvgIpc) is 2.15. The van der Waals surface area contributed by atoms with Crippen LogP contribution in [-0.4, -0.2) is 11.6 Å². The fourth-order valence-corrected chi connectivity index (χ4v) is 2.36. The number of benzene rings is 1. The van der Waals surface area contributed by atoms with Gasteiger partial charge in [0.25, 0.3) is 0 Å².